The van der Waals surface area contributed by atoms with E-state index in [9.17, 15) is 24.5 Å². The molecule has 1 aromatic heterocycles. The number of nitro groups is 1. The molecule has 2 aromatic rings. The van der Waals surface area contributed by atoms with E-state index in [0.29, 0.717) is 10.9 Å². The predicted octanol–water partition coefficient (Wildman–Crippen LogP) is 1.28. The number of carboxylic acid groups (broad SMARTS) is 1. The minimum Gasteiger partial charge on any atom is -0.480 e. The maximum atomic E-state index is 12.1. The van der Waals surface area contributed by atoms with Gasteiger partial charge in [0.2, 0.25) is 11.8 Å². The van der Waals surface area contributed by atoms with Gasteiger partial charge in [-0.15, -0.1) is 0 Å². The minimum absolute atomic E-state index is 0.0410. The molecule has 1 atom stereocenters. The highest BCUT2D eigenvalue weighted by atomic mass is 16.6. The Balaban J connectivity index is 1.92. The van der Waals surface area contributed by atoms with Gasteiger partial charge < -0.3 is 20.3 Å². The van der Waals surface area contributed by atoms with Gasteiger partial charge in [0.1, 0.15) is 12.6 Å². The number of carboxylic acids is 1. The molecule has 0 aliphatic carbocycles. The molecule has 0 saturated carbocycles. The number of fused-ring (bicyclic) bond motifs is 1. The third kappa shape index (κ3) is 5.53. The average Bonchev–Trinajstić information content (AvgIpc) is 3.01. The number of hydrogen-bond donors (Lipinski definition) is 3. The molecular weight excluding hydrogens is 368 g/mol. The quantitative estimate of drug-likeness (QED) is 0.435. The first kappa shape index (κ1) is 20.9. The van der Waals surface area contributed by atoms with Gasteiger partial charge in [-0.2, -0.15) is 0 Å². The molecule has 0 bridgehead atoms. The Morgan fingerprint density at radius 2 is 1.93 bits per heavy atom. The first-order valence-corrected chi connectivity index (χ1v) is 8.69. The lowest BCUT2D eigenvalue weighted by Gasteiger charge is -2.16. The van der Waals surface area contributed by atoms with E-state index >= 15 is 0 Å². The van der Waals surface area contributed by atoms with E-state index in [1.807, 2.05) is 13.8 Å². The van der Waals surface area contributed by atoms with Crippen molar-refractivity contribution in [3.63, 3.8) is 0 Å². The maximum Gasteiger partial charge on any atom is 0.326 e. The molecule has 150 valence electrons. The summed E-state index contributed by atoms with van der Waals surface area (Å²) in [5.41, 5.74) is 0.605. The summed E-state index contributed by atoms with van der Waals surface area (Å²) in [4.78, 5) is 45.5. The molecule has 0 unspecified atom stereocenters. The fraction of sp³-hybridized carbons (Fsp3) is 0.389. The number of nitrogens with zero attached hydrogens (tertiary/aromatic N) is 2. The second-order valence-corrected chi connectivity index (χ2v) is 6.81. The summed E-state index contributed by atoms with van der Waals surface area (Å²) in [6.45, 7) is 3.27. The number of aromatic nitrogens is 1. The van der Waals surface area contributed by atoms with Crippen LogP contribution in [0.25, 0.3) is 10.9 Å². The van der Waals surface area contributed by atoms with E-state index in [4.69, 9.17) is 5.11 Å². The van der Waals surface area contributed by atoms with Gasteiger partial charge in [0.25, 0.3) is 5.69 Å². The van der Waals surface area contributed by atoms with Crippen molar-refractivity contribution in [2.45, 2.75) is 32.9 Å². The van der Waals surface area contributed by atoms with Gasteiger partial charge in [-0.3, -0.25) is 19.7 Å². The summed E-state index contributed by atoms with van der Waals surface area (Å²) in [5, 5.41) is 25.4. The molecule has 2 rings (SSSR count). The Morgan fingerprint density at radius 1 is 1.21 bits per heavy atom. The Bertz CT molecular complexity index is 905. The Kier molecular flexibility index (Phi) is 6.69. The fourth-order valence-electron chi connectivity index (χ4n) is 2.77. The van der Waals surface area contributed by atoms with Crippen LogP contribution in [0.2, 0.25) is 0 Å². The molecule has 28 heavy (non-hydrogen) atoms. The second-order valence-electron chi connectivity index (χ2n) is 6.81. The molecule has 0 radical (unpaired) electrons. The summed E-state index contributed by atoms with van der Waals surface area (Å²) in [6.07, 6.45) is 1.91. The van der Waals surface area contributed by atoms with Crippen molar-refractivity contribution in [3.05, 3.63) is 40.6 Å². The van der Waals surface area contributed by atoms with Crippen molar-refractivity contribution in [2.24, 2.45) is 5.92 Å². The number of non-ortho nitro benzene ring substituents is 1. The van der Waals surface area contributed by atoms with Crippen molar-refractivity contribution < 1.29 is 24.4 Å². The van der Waals surface area contributed by atoms with E-state index in [-0.39, 0.29) is 31.1 Å². The molecule has 0 aliphatic rings. The van der Waals surface area contributed by atoms with E-state index in [0.717, 1.165) is 0 Å². The molecule has 0 saturated heterocycles. The zero-order valence-electron chi connectivity index (χ0n) is 15.5. The standard InChI is InChI=1S/C18H22N4O6/c1-11(2)7-14(18(25)26)20-16(23)9-19-17(24)10-21-6-5-12-8-13(22(27)28)3-4-15(12)21/h3-6,8,11,14H,7,9-10H2,1-2H3,(H,19,24)(H,20,23)(H,25,26)/t14-/m0/s1. The van der Waals surface area contributed by atoms with Crippen LogP contribution in [-0.2, 0) is 20.9 Å². The number of amides is 2. The van der Waals surface area contributed by atoms with E-state index in [1.54, 1.807) is 22.9 Å². The van der Waals surface area contributed by atoms with Crippen molar-refractivity contribution in [3.8, 4) is 0 Å². The Labute approximate surface area is 160 Å². The largest absolute Gasteiger partial charge is 0.480 e. The van der Waals surface area contributed by atoms with Crippen molar-refractivity contribution in [1.29, 1.82) is 0 Å². The average molecular weight is 390 g/mol. The molecule has 2 amide bonds. The number of nitrogens with one attached hydrogen (secondary N) is 2. The SMILES string of the molecule is CC(C)C[C@H](NC(=O)CNC(=O)Cn1ccc2cc([N+](=O)[O-])ccc21)C(=O)O. The van der Waals surface area contributed by atoms with Crippen molar-refractivity contribution >= 4 is 34.4 Å². The highest BCUT2D eigenvalue weighted by Crippen LogP contribution is 2.21. The minimum atomic E-state index is -1.12. The molecule has 1 aromatic carbocycles. The number of carbonyl (C=O) groups is 3. The van der Waals surface area contributed by atoms with Gasteiger partial charge in [0.15, 0.2) is 0 Å². The maximum absolute atomic E-state index is 12.1. The van der Waals surface area contributed by atoms with Crippen LogP contribution in [0.3, 0.4) is 0 Å². The lowest BCUT2D eigenvalue weighted by atomic mass is 10.0. The lowest BCUT2D eigenvalue weighted by Crippen LogP contribution is -2.46. The van der Waals surface area contributed by atoms with Crippen LogP contribution in [0.1, 0.15) is 20.3 Å². The second kappa shape index (κ2) is 8.98. The number of nitro benzene ring substituents is 1. The van der Waals surface area contributed by atoms with Gasteiger partial charge in [0, 0.05) is 29.2 Å². The predicted molar refractivity (Wildman–Crippen MR) is 101 cm³/mol. The van der Waals surface area contributed by atoms with Gasteiger partial charge in [0.05, 0.1) is 11.5 Å². The molecule has 3 N–H and O–H groups in total. The molecule has 10 nitrogen and oxygen atoms in total. The molecule has 10 heteroatoms. The van der Waals surface area contributed by atoms with Crippen LogP contribution < -0.4 is 10.6 Å². The van der Waals surface area contributed by atoms with E-state index in [1.165, 1.54) is 12.1 Å². The van der Waals surface area contributed by atoms with Crippen LogP contribution in [0.15, 0.2) is 30.5 Å². The topological polar surface area (TPSA) is 144 Å². The molecular formula is C18H22N4O6. The molecule has 0 spiro atoms. The first-order valence-electron chi connectivity index (χ1n) is 8.69. The van der Waals surface area contributed by atoms with Gasteiger partial charge >= 0.3 is 5.97 Å². The zero-order valence-corrected chi connectivity index (χ0v) is 15.5. The van der Waals surface area contributed by atoms with E-state index < -0.39 is 28.7 Å². The molecule has 0 aliphatic heterocycles. The fourth-order valence-corrected chi connectivity index (χ4v) is 2.77. The Hall–Kier alpha value is -3.43. The van der Waals surface area contributed by atoms with E-state index in [2.05, 4.69) is 10.6 Å². The first-order chi connectivity index (χ1) is 13.2. The number of carbonyl (C=O) groups excluding carboxylic acids is 2. The summed E-state index contributed by atoms with van der Waals surface area (Å²) in [6, 6.07) is 4.97. The lowest BCUT2D eigenvalue weighted by molar-refractivity contribution is -0.384. The number of rotatable bonds is 9. The third-order valence-electron chi connectivity index (χ3n) is 4.07. The third-order valence-corrected chi connectivity index (χ3v) is 4.07. The van der Waals surface area contributed by atoms with Crippen LogP contribution in [0, 0.1) is 16.0 Å². The van der Waals surface area contributed by atoms with Crippen LogP contribution in [0.5, 0.6) is 0 Å². The highest BCUT2D eigenvalue weighted by Gasteiger charge is 2.21. The van der Waals surface area contributed by atoms with Crippen LogP contribution in [-0.4, -0.2) is 45.0 Å². The zero-order chi connectivity index (χ0) is 20.8. The number of aliphatic carboxylic acids is 1. The van der Waals surface area contributed by atoms with Gasteiger partial charge in [-0.1, -0.05) is 13.8 Å². The normalized spacial score (nSPS) is 12.0. The summed E-state index contributed by atoms with van der Waals surface area (Å²) in [7, 11) is 0. The Morgan fingerprint density at radius 3 is 2.54 bits per heavy atom. The van der Waals surface area contributed by atoms with Crippen LogP contribution in [0.4, 0.5) is 5.69 Å². The smallest absolute Gasteiger partial charge is 0.326 e. The highest BCUT2D eigenvalue weighted by molar-refractivity contribution is 5.89. The number of hydrogen-bond acceptors (Lipinski definition) is 5. The van der Waals surface area contributed by atoms with Crippen molar-refractivity contribution in [1.82, 2.24) is 15.2 Å². The summed E-state index contributed by atoms with van der Waals surface area (Å²) in [5.74, 6) is -2.06. The molecule has 1 heterocycles. The summed E-state index contributed by atoms with van der Waals surface area (Å²) >= 11 is 0. The van der Waals surface area contributed by atoms with Gasteiger partial charge in [-0.25, -0.2) is 4.79 Å². The number of benzene rings is 1. The monoisotopic (exact) mass is 390 g/mol. The molecule has 0 fully saturated rings. The van der Waals surface area contributed by atoms with Crippen LogP contribution >= 0.6 is 0 Å². The van der Waals surface area contributed by atoms with Gasteiger partial charge in [-0.05, 0) is 24.5 Å². The van der Waals surface area contributed by atoms with Crippen molar-refractivity contribution in [2.75, 3.05) is 6.54 Å². The summed E-state index contributed by atoms with van der Waals surface area (Å²) < 4.78 is 1.60.